The number of ether oxygens (including phenoxy) is 1. The number of hydrogen-bond acceptors (Lipinski definition) is 4. The van der Waals surface area contributed by atoms with Crippen molar-refractivity contribution in [1.29, 1.82) is 0 Å². The van der Waals surface area contributed by atoms with E-state index in [0.29, 0.717) is 16.9 Å². The van der Waals surface area contributed by atoms with E-state index >= 15 is 0 Å². The first-order valence-corrected chi connectivity index (χ1v) is 4.97. The number of para-hydroxylation sites is 1. The summed E-state index contributed by atoms with van der Waals surface area (Å²) in [5.41, 5.74) is 0.778. The molecule has 0 aliphatic rings. The van der Waals surface area contributed by atoms with Crippen molar-refractivity contribution < 1.29 is 19.1 Å². The molecule has 0 spiro atoms. The Kier molecular flexibility index (Phi) is 2.82. The zero-order valence-electron chi connectivity index (χ0n) is 9.43. The molecule has 0 radical (unpaired) electrons. The second-order valence-electron chi connectivity index (χ2n) is 3.42. The van der Waals surface area contributed by atoms with Crippen LogP contribution in [0.1, 0.15) is 17.5 Å². The van der Waals surface area contributed by atoms with Crippen molar-refractivity contribution in [3.05, 3.63) is 30.0 Å². The Morgan fingerprint density at radius 3 is 2.76 bits per heavy atom. The van der Waals surface area contributed by atoms with Gasteiger partial charge in [-0.05, 0) is 12.1 Å². The fraction of sp³-hybridized carbons (Fsp3) is 0.167. The van der Waals surface area contributed by atoms with Gasteiger partial charge in [0.2, 0.25) is 5.76 Å². The third-order valence-corrected chi connectivity index (χ3v) is 2.33. The van der Waals surface area contributed by atoms with Gasteiger partial charge in [-0.3, -0.25) is 0 Å². The molecule has 88 valence electrons. The van der Waals surface area contributed by atoms with Gasteiger partial charge in [-0.15, -0.1) is 0 Å². The van der Waals surface area contributed by atoms with Gasteiger partial charge in [-0.2, -0.15) is 0 Å². The van der Waals surface area contributed by atoms with Crippen LogP contribution in [0.15, 0.2) is 33.7 Å². The number of carboxylic acids is 1. The third-order valence-electron chi connectivity index (χ3n) is 2.33. The zero-order chi connectivity index (χ0) is 12.4. The van der Waals surface area contributed by atoms with Crippen LogP contribution in [-0.2, 0) is 4.74 Å². The minimum Gasteiger partial charge on any atom is -0.484 e. The molecule has 0 amide bonds. The van der Waals surface area contributed by atoms with Gasteiger partial charge < -0.3 is 14.3 Å². The highest BCUT2D eigenvalue weighted by atomic mass is 16.5. The van der Waals surface area contributed by atoms with Gasteiger partial charge >= 0.3 is 5.97 Å². The molecule has 1 N–H and O–H groups in total. The predicted molar refractivity (Wildman–Crippen MR) is 63.0 cm³/mol. The summed E-state index contributed by atoms with van der Waals surface area (Å²) >= 11 is 0. The maximum absolute atomic E-state index is 11.1. The SMILES string of the molecule is COC(C)=Nc1c(C(=O)O)oc2ccccc12. The first-order chi connectivity index (χ1) is 8.13. The number of aromatic carboxylic acids is 1. The molecule has 17 heavy (non-hydrogen) atoms. The monoisotopic (exact) mass is 233 g/mol. The van der Waals surface area contributed by atoms with Crippen molar-refractivity contribution in [1.82, 2.24) is 0 Å². The van der Waals surface area contributed by atoms with Crippen LogP contribution in [0.5, 0.6) is 0 Å². The van der Waals surface area contributed by atoms with Crippen LogP contribution in [0.2, 0.25) is 0 Å². The number of aliphatic imine (C=N–C) groups is 1. The maximum atomic E-state index is 11.1. The van der Waals surface area contributed by atoms with Crippen LogP contribution in [-0.4, -0.2) is 24.1 Å². The van der Waals surface area contributed by atoms with Crippen molar-refractivity contribution in [3.63, 3.8) is 0 Å². The van der Waals surface area contributed by atoms with Crippen molar-refractivity contribution in [2.75, 3.05) is 7.11 Å². The first-order valence-electron chi connectivity index (χ1n) is 4.97. The fourth-order valence-corrected chi connectivity index (χ4v) is 1.49. The van der Waals surface area contributed by atoms with Gasteiger partial charge in [0, 0.05) is 12.3 Å². The predicted octanol–water partition coefficient (Wildman–Crippen LogP) is 2.83. The number of fused-ring (bicyclic) bond motifs is 1. The smallest absolute Gasteiger partial charge is 0.374 e. The Balaban J connectivity index is 2.72. The molecule has 0 unspecified atom stereocenters. The quantitative estimate of drug-likeness (QED) is 0.639. The van der Waals surface area contributed by atoms with Gasteiger partial charge in [0.15, 0.2) is 5.90 Å². The number of benzene rings is 1. The molecule has 1 aromatic carbocycles. The average molecular weight is 233 g/mol. The number of rotatable bonds is 2. The van der Waals surface area contributed by atoms with Crippen molar-refractivity contribution in [2.24, 2.45) is 4.99 Å². The molecule has 0 atom stereocenters. The highest BCUT2D eigenvalue weighted by Gasteiger charge is 2.19. The lowest BCUT2D eigenvalue weighted by Gasteiger charge is -1.97. The summed E-state index contributed by atoms with van der Waals surface area (Å²) in [6.45, 7) is 1.65. The molecular formula is C12H11NO4. The molecule has 5 nitrogen and oxygen atoms in total. The van der Waals surface area contributed by atoms with E-state index in [0.717, 1.165) is 0 Å². The maximum Gasteiger partial charge on any atom is 0.374 e. The number of furan rings is 1. The Bertz CT molecular complexity index is 598. The van der Waals surface area contributed by atoms with E-state index in [4.69, 9.17) is 14.3 Å². The van der Waals surface area contributed by atoms with Crippen molar-refractivity contribution in [2.45, 2.75) is 6.92 Å². The molecule has 0 bridgehead atoms. The highest BCUT2D eigenvalue weighted by Crippen LogP contribution is 2.33. The lowest BCUT2D eigenvalue weighted by atomic mass is 10.2. The zero-order valence-corrected chi connectivity index (χ0v) is 9.43. The molecular weight excluding hydrogens is 222 g/mol. The lowest BCUT2D eigenvalue weighted by Crippen LogP contribution is -1.96. The van der Waals surface area contributed by atoms with E-state index < -0.39 is 5.97 Å². The molecule has 1 heterocycles. The number of methoxy groups -OCH3 is 1. The van der Waals surface area contributed by atoms with E-state index in [-0.39, 0.29) is 11.4 Å². The summed E-state index contributed by atoms with van der Waals surface area (Å²) < 4.78 is 10.2. The number of carbonyl (C=O) groups is 1. The van der Waals surface area contributed by atoms with Gasteiger partial charge in [0.1, 0.15) is 11.3 Å². The summed E-state index contributed by atoms with van der Waals surface area (Å²) in [4.78, 5) is 15.2. The standard InChI is InChI=1S/C12H11NO4/c1-7(16-2)13-10-8-5-3-4-6-9(8)17-11(10)12(14)15/h3-6H,1-2H3,(H,14,15). The second kappa shape index (κ2) is 4.29. The Morgan fingerprint density at radius 1 is 1.41 bits per heavy atom. The molecule has 0 saturated carbocycles. The van der Waals surface area contributed by atoms with Crippen LogP contribution in [0.25, 0.3) is 11.0 Å². The summed E-state index contributed by atoms with van der Waals surface area (Å²) in [7, 11) is 1.47. The molecule has 2 aromatic rings. The van der Waals surface area contributed by atoms with E-state index in [1.54, 1.807) is 31.2 Å². The molecule has 0 fully saturated rings. The van der Waals surface area contributed by atoms with Crippen molar-refractivity contribution >= 4 is 28.5 Å². The molecule has 2 rings (SSSR count). The minimum absolute atomic E-state index is 0.178. The van der Waals surface area contributed by atoms with E-state index in [1.807, 2.05) is 0 Å². The number of nitrogens with zero attached hydrogens (tertiary/aromatic N) is 1. The Morgan fingerprint density at radius 2 is 2.12 bits per heavy atom. The summed E-state index contributed by atoms with van der Waals surface area (Å²) in [5, 5.41) is 9.70. The average Bonchev–Trinajstić information content (AvgIpc) is 2.68. The van der Waals surface area contributed by atoms with Gasteiger partial charge in [0.25, 0.3) is 0 Å². The van der Waals surface area contributed by atoms with E-state index in [2.05, 4.69) is 4.99 Å². The normalized spacial score (nSPS) is 11.8. The Labute approximate surface area is 97.3 Å². The van der Waals surface area contributed by atoms with E-state index in [9.17, 15) is 4.79 Å². The van der Waals surface area contributed by atoms with Crippen molar-refractivity contribution in [3.8, 4) is 0 Å². The third kappa shape index (κ3) is 1.99. The first kappa shape index (κ1) is 11.2. The second-order valence-corrected chi connectivity index (χ2v) is 3.42. The van der Waals surface area contributed by atoms with Crippen LogP contribution in [0.4, 0.5) is 5.69 Å². The fourth-order valence-electron chi connectivity index (χ4n) is 1.49. The number of carboxylic acid groups (broad SMARTS) is 1. The van der Waals surface area contributed by atoms with Crippen LogP contribution in [0.3, 0.4) is 0 Å². The topological polar surface area (TPSA) is 72.0 Å². The molecule has 0 aliphatic carbocycles. The molecule has 0 aliphatic heterocycles. The van der Waals surface area contributed by atoms with Crippen LogP contribution in [0, 0.1) is 0 Å². The molecule has 0 saturated heterocycles. The molecule has 1 aromatic heterocycles. The number of hydrogen-bond donors (Lipinski definition) is 1. The Hall–Kier alpha value is -2.30. The summed E-state index contributed by atoms with van der Waals surface area (Å²) in [5.74, 6) is -0.953. The lowest BCUT2D eigenvalue weighted by molar-refractivity contribution is 0.0666. The minimum atomic E-state index is -1.15. The van der Waals surface area contributed by atoms with Crippen LogP contribution < -0.4 is 0 Å². The summed E-state index contributed by atoms with van der Waals surface area (Å²) in [6.07, 6.45) is 0. The van der Waals surface area contributed by atoms with Crippen LogP contribution >= 0.6 is 0 Å². The van der Waals surface area contributed by atoms with Gasteiger partial charge in [-0.1, -0.05) is 12.1 Å². The highest BCUT2D eigenvalue weighted by molar-refractivity contribution is 6.03. The van der Waals surface area contributed by atoms with Gasteiger partial charge in [-0.25, -0.2) is 9.79 Å². The summed E-state index contributed by atoms with van der Waals surface area (Å²) in [6, 6.07) is 7.02. The largest absolute Gasteiger partial charge is 0.484 e. The van der Waals surface area contributed by atoms with Gasteiger partial charge in [0.05, 0.1) is 7.11 Å². The van der Waals surface area contributed by atoms with E-state index in [1.165, 1.54) is 7.11 Å². The molecule has 5 heteroatoms.